The summed E-state index contributed by atoms with van der Waals surface area (Å²) in [5.74, 6) is 0. The third kappa shape index (κ3) is 2.00. The first-order valence-corrected chi connectivity index (χ1v) is 6.40. The van der Waals surface area contributed by atoms with Gasteiger partial charge in [0.25, 0.3) is 0 Å². The van der Waals surface area contributed by atoms with Crippen LogP contribution < -0.4 is 10.6 Å². The zero-order chi connectivity index (χ0) is 10.1. The number of piperazine rings is 1. The predicted molar refractivity (Wildman–Crippen MR) is 62.4 cm³/mol. The third-order valence-electron chi connectivity index (χ3n) is 3.24. The summed E-state index contributed by atoms with van der Waals surface area (Å²) in [6.45, 7) is 4.66. The van der Waals surface area contributed by atoms with Crippen LogP contribution in [-0.2, 0) is 0 Å². The molecule has 5 heteroatoms. The van der Waals surface area contributed by atoms with E-state index >= 15 is 0 Å². The highest BCUT2D eigenvalue weighted by Crippen LogP contribution is 2.22. The second-order valence-corrected chi connectivity index (χ2v) is 5.16. The van der Waals surface area contributed by atoms with Crippen LogP contribution in [0.25, 0.3) is 0 Å². The summed E-state index contributed by atoms with van der Waals surface area (Å²) in [6, 6.07) is 1.32. The van der Waals surface area contributed by atoms with E-state index in [4.69, 9.17) is 0 Å². The van der Waals surface area contributed by atoms with Gasteiger partial charge in [-0.05, 0) is 6.42 Å². The molecule has 0 spiro atoms. The number of hydrogen-bond acceptors (Lipinski definition) is 5. The van der Waals surface area contributed by atoms with Gasteiger partial charge >= 0.3 is 0 Å². The number of thiazole rings is 1. The van der Waals surface area contributed by atoms with E-state index in [1.54, 1.807) is 11.3 Å². The second-order valence-electron chi connectivity index (χ2n) is 4.27. The zero-order valence-corrected chi connectivity index (χ0v) is 9.46. The minimum atomic E-state index is 0.584. The van der Waals surface area contributed by atoms with Crippen molar-refractivity contribution in [2.24, 2.45) is 0 Å². The van der Waals surface area contributed by atoms with Gasteiger partial charge in [-0.2, -0.15) is 0 Å². The van der Waals surface area contributed by atoms with Crippen LogP contribution >= 0.6 is 11.3 Å². The summed E-state index contributed by atoms with van der Waals surface area (Å²) in [4.78, 5) is 6.86. The van der Waals surface area contributed by atoms with Gasteiger partial charge in [0.15, 0.2) is 5.13 Å². The highest BCUT2D eigenvalue weighted by atomic mass is 32.1. The second kappa shape index (κ2) is 4.08. The standard InChI is InChI=1S/C10H16N4S/c1-3-14-7-8(5-9(14)6-11-1)13-10-12-2-4-15-10/h2,4,8-9,11H,1,3,5-7H2,(H,12,13)/t8-,9-/m0/s1. The maximum absolute atomic E-state index is 4.27. The molecule has 0 bridgehead atoms. The molecule has 15 heavy (non-hydrogen) atoms. The van der Waals surface area contributed by atoms with E-state index in [1.807, 2.05) is 11.6 Å². The predicted octanol–water partition coefficient (Wildman–Crippen LogP) is 0.601. The Kier molecular flexibility index (Phi) is 2.60. The van der Waals surface area contributed by atoms with E-state index in [1.165, 1.54) is 19.5 Å². The Hall–Kier alpha value is -0.650. The van der Waals surface area contributed by atoms with Crippen LogP contribution in [0.3, 0.4) is 0 Å². The molecule has 3 heterocycles. The summed E-state index contributed by atoms with van der Waals surface area (Å²) >= 11 is 1.69. The van der Waals surface area contributed by atoms with Crippen LogP contribution in [0.15, 0.2) is 11.6 Å². The van der Waals surface area contributed by atoms with Crippen LogP contribution in [0.4, 0.5) is 5.13 Å². The van der Waals surface area contributed by atoms with Gasteiger partial charge in [-0.1, -0.05) is 0 Å². The number of fused-ring (bicyclic) bond motifs is 1. The maximum Gasteiger partial charge on any atom is 0.182 e. The van der Waals surface area contributed by atoms with Crippen molar-refractivity contribution in [3.63, 3.8) is 0 Å². The molecule has 2 saturated heterocycles. The highest BCUT2D eigenvalue weighted by Gasteiger charge is 2.33. The number of rotatable bonds is 2. The van der Waals surface area contributed by atoms with Gasteiger partial charge in [0.2, 0.25) is 0 Å². The Morgan fingerprint density at radius 3 is 3.40 bits per heavy atom. The number of hydrogen-bond donors (Lipinski definition) is 2. The minimum Gasteiger partial charge on any atom is -0.357 e. The van der Waals surface area contributed by atoms with Gasteiger partial charge in [-0.3, -0.25) is 4.90 Å². The van der Waals surface area contributed by atoms with E-state index in [0.29, 0.717) is 6.04 Å². The average molecular weight is 224 g/mol. The van der Waals surface area contributed by atoms with E-state index in [9.17, 15) is 0 Å². The molecule has 1 aromatic heterocycles. The highest BCUT2D eigenvalue weighted by molar-refractivity contribution is 7.13. The number of aromatic nitrogens is 1. The van der Waals surface area contributed by atoms with Crippen molar-refractivity contribution in [3.05, 3.63) is 11.6 Å². The maximum atomic E-state index is 4.27. The molecule has 0 radical (unpaired) electrons. The van der Waals surface area contributed by atoms with Gasteiger partial charge in [0.1, 0.15) is 0 Å². The Bertz CT molecular complexity index is 299. The number of nitrogens with one attached hydrogen (secondary N) is 2. The zero-order valence-electron chi connectivity index (χ0n) is 8.65. The Morgan fingerprint density at radius 1 is 1.60 bits per heavy atom. The molecule has 0 amide bonds. The SMILES string of the molecule is c1csc(N[C@H]2C[C@H]3CNCCN3C2)n1. The van der Waals surface area contributed by atoms with Gasteiger partial charge in [-0.15, -0.1) is 11.3 Å². The molecule has 2 aliphatic heterocycles. The van der Waals surface area contributed by atoms with Crippen molar-refractivity contribution in [3.8, 4) is 0 Å². The lowest BCUT2D eigenvalue weighted by molar-refractivity contribution is 0.212. The van der Waals surface area contributed by atoms with Crippen molar-refractivity contribution in [1.29, 1.82) is 0 Å². The molecule has 2 atom stereocenters. The quantitative estimate of drug-likeness (QED) is 0.772. The summed E-state index contributed by atoms with van der Waals surface area (Å²) in [6.07, 6.45) is 3.10. The molecule has 3 rings (SSSR count). The molecule has 82 valence electrons. The molecule has 1 aromatic rings. The molecule has 0 unspecified atom stereocenters. The molecule has 0 aromatic carbocycles. The van der Waals surface area contributed by atoms with Crippen LogP contribution in [0.1, 0.15) is 6.42 Å². The fraction of sp³-hybridized carbons (Fsp3) is 0.700. The van der Waals surface area contributed by atoms with E-state index in [-0.39, 0.29) is 0 Å². The Labute approximate surface area is 93.7 Å². The van der Waals surface area contributed by atoms with E-state index in [0.717, 1.165) is 24.3 Å². The third-order valence-corrected chi connectivity index (χ3v) is 3.95. The molecular formula is C10H16N4S. The smallest absolute Gasteiger partial charge is 0.182 e. The first-order valence-electron chi connectivity index (χ1n) is 5.52. The first kappa shape index (κ1) is 9.57. The number of anilines is 1. The lowest BCUT2D eigenvalue weighted by Gasteiger charge is -2.29. The largest absolute Gasteiger partial charge is 0.357 e. The van der Waals surface area contributed by atoms with Crippen molar-refractivity contribution in [1.82, 2.24) is 15.2 Å². The first-order chi connectivity index (χ1) is 7.42. The van der Waals surface area contributed by atoms with Crippen LogP contribution in [0.2, 0.25) is 0 Å². The molecule has 2 aliphatic rings. The van der Waals surface area contributed by atoms with Crippen molar-refractivity contribution in [2.75, 3.05) is 31.5 Å². The Balaban J connectivity index is 1.60. The minimum absolute atomic E-state index is 0.584. The van der Waals surface area contributed by atoms with Crippen molar-refractivity contribution >= 4 is 16.5 Å². The molecule has 4 nitrogen and oxygen atoms in total. The van der Waals surface area contributed by atoms with Crippen LogP contribution in [0.5, 0.6) is 0 Å². The topological polar surface area (TPSA) is 40.2 Å². The lowest BCUT2D eigenvalue weighted by Crippen LogP contribution is -2.47. The summed E-state index contributed by atoms with van der Waals surface area (Å²) in [5.41, 5.74) is 0. The van der Waals surface area contributed by atoms with Crippen LogP contribution in [0, 0.1) is 0 Å². The molecule has 0 aliphatic carbocycles. The van der Waals surface area contributed by atoms with Gasteiger partial charge in [-0.25, -0.2) is 4.98 Å². The van der Waals surface area contributed by atoms with Gasteiger partial charge in [0.05, 0.1) is 0 Å². The molecular weight excluding hydrogens is 208 g/mol. The molecule has 2 fully saturated rings. The van der Waals surface area contributed by atoms with Gasteiger partial charge in [0, 0.05) is 49.8 Å². The monoisotopic (exact) mass is 224 g/mol. The van der Waals surface area contributed by atoms with E-state index in [2.05, 4.69) is 20.5 Å². The van der Waals surface area contributed by atoms with E-state index < -0.39 is 0 Å². The number of nitrogens with zero attached hydrogens (tertiary/aromatic N) is 2. The molecule has 0 saturated carbocycles. The normalized spacial score (nSPS) is 31.5. The lowest BCUT2D eigenvalue weighted by atomic mass is 10.1. The fourth-order valence-corrected chi connectivity index (χ4v) is 3.14. The van der Waals surface area contributed by atoms with Crippen molar-refractivity contribution in [2.45, 2.75) is 18.5 Å². The van der Waals surface area contributed by atoms with Crippen LogP contribution in [-0.4, -0.2) is 48.1 Å². The summed E-state index contributed by atoms with van der Waals surface area (Å²) < 4.78 is 0. The van der Waals surface area contributed by atoms with Crippen molar-refractivity contribution < 1.29 is 0 Å². The Morgan fingerprint density at radius 2 is 2.60 bits per heavy atom. The average Bonchev–Trinajstić information content (AvgIpc) is 2.86. The summed E-state index contributed by atoms with van der Waals surface area (Å²) in [7, 11) is 0. The summed E-state index contributed by atoms with van der Waals surface area (Å²) in [5, 5.41) is 10.1. The fourth-order valence-electron chi connectivity index (χ4n) is 2.54. The molecule has 2 N–H and O–H groups in total. The van der Waals surface area contributed by atoms with Gasteiger partial charge < -0.3 is 10.6 Å².